The van der Waals surface area contributed by atoms with Crippen LogP contribution in [0.5, 0.6) is 17.2 Å². The Labute approximate surface area is 181 Å². The van der Waals surface area contributed by atoms with E-state index < -0.39 is 0 Å². The first kappa shape index (κ1) is 21.7. The lowest BCUT2D eigenvalue weighted by Crippen LogP contribution is -2.01. The minimum absolute atomic E-state index is 0.0103. The monoisotopic (exact) mass is 422 g/mol. The van der Waals surface area contributed by atoms with Crippen LogP contribution in [0, 0.1) is 13.8 Å². The highest BCUT2D eigenvalue weighted by Crippen LogP contribution is 2.29. The summed E-state index contributed by atoms with van der Waals surface area (Å²) in [6, 6.07) is 15.3. The normalized spacial score (nSPS) is 10.9. The molecule has 4 nitrogen and oxygen atoms in total. The second-order valence-corrected chi connectivity index (χ2v) is 8.22. The predicted octanol–water partition coefficient (Wildman–Crippen LogP) is 6.25. The molecule has 0 N–H and O–H groups in total. The van der Waals surface area contributed by atoms with Crippen molar-refractivity contribution in [2.45, 2.75) is 27.4 Å². The molecule has 2 aromatic carbocycles. The molecule has 0 atom stereocenters. The Kier molecular flexibility index (Phi) is 7.31. The quantitative estimate of drug-likeness (QED) is 0.302. The van der Waals surface area contributed by atoms with Crippen LogP contribution in [-0.2, 0) is 6.61 Å². The first-order valence-corrected chi connectivity index (χ1v) is 10.6. The van der Waals surface area contributed by atoms with E-state index in [9.17, 15) is 4.79 Å². The van der Waals surface area contributed by atoms with Gasteiger partial charge in [0.1, 0.15) is 12.4 Å². The van der Waals surface area contributed by atoms with E-state index in [0.717, 1.165) is 32.2 Å². The molecule has 1 aromatic heterocycles. The van der Waals surface area contributed by atoms with Crippen molar-refractivity contribution in [3.8, 4) is 17.2 Å². The van der Waals surface area contributed by atoms with E-state index in [1.807, 2.05) is 75.4 Å². The molecule has 0 unspecified atom stereocenters. The largest absolute Gasteiger partial charge is 0.496 e. The molecule has 0 saturated heterocycles. The Morgan fingerprint density at radius 2 is 1.73 bits per heavy atom. The highest BCUT2D eigenvalue weighted by Gasteiger charge is 2.10. The molecule has 0 aliphatic carbocycles. The van der Waals surface area contributed by atoms with Gasteiger partial charge in [-0.15, -0.1) is 11.3 Å². The number of hydrogen-bond acceptors (Lipinski definition) is 5. The molecule has 0 fully saturated rings. The number of hydrogen-bond donors (Lipinski definition) is 0. The van der Waals surface area contributed by atoms with Crippen LogP contribution in [-0.4, -0.2) is 19.5 Å². The third-order valence-electron chi connectivity index (χ3n) is 4.57. The molecule has 0 amide bonds. The molecule has 0 bridgehead atoms. The summed E-state index contributed by atoms with van der Waals surface area (Å²) >= 11 is 1.64. The van der Waals surface area contributed by atoms with Gasteiger partial charge in [-0.05, 0) is 62.7 Å². The van der Waals surface area contributed by atoms with Crippen molar-refractivity contribution in [2.75, 3.05) is 13.7 Å². The SMILES string of the molecule is CCOc1ccccc1OCc1cc(/C=C/C(=O)c2cc(C)sc2C)ccc1OC. The number of carbonyl (C=O) groups excluding carboxylic acids is 1. The Hall–Kier alpha value is -3.05. The van der Waals surface area contributed by atoms with Crippen LogP contribution in [0.25, 0.3) is 6.08 Å². The van der Waals surface area contributed by atoms with Crippen molar-refractivity contribution in [1.29, 1.82) is 0 Å². The highest BCUT2D eigenvalue weighted by molar-refractivity contribution is 7.12. The van der Waals surface area contributed by atoms with Gasteiger partial charge in [0.2, 0.25) is 0 Å². The molecule has 3 rings (SSSR count). The average molecular weight is 423 g/mol. The molecule has 0 aliphatic heterocycles. The number of para-hydroxylation sites is 2. The topological polar surface area (TPSA) is 44.8 Å². The van der Waals surface area contributed by atoms with Crippen LogP contribution in [0.4, 0.5) is 0 Å². The molecular formula is C25H26O4S. The van der Waals surface area contributed by atoms with Crippen LogP contribution in [0.2, 0.25) is 0 Å². The van der Waals surface area contributed by atoms with E-state index in [4.69, 9.17) is 14.2 Å². The minimum Gasteiger partial charge on any atom is -0.496 e. The fourth-order valence-corrected chi connectivity index (χ4v) is 4.08. The molecule has 0 saturated carbocycles. The van der Waals surface area contributed by atoms with Gasteiger partial charge in [0.05, 0.1) is 13.7 Å². The third kappa shape index (κ3) is 5.30. The number of rotatable bonds is 9. The van der Waals surface area contributed by atoms with Gasteiger partial charge in [-0.1, -0.05) is 24.3 Å². The van der Waals surface area contributed by atoms with E-state index in [1.54, 1.807) is 24.5 Å². The summed E-state index contributed by atoms with van der Waals surface area (Å²) in [6.07, 6.45) is 3.44. The Balaban J connectivity index is 1.77. The van der Waals surface area contributed by atoms with Gasteiger partial charge in [0, 0.05) is 20.9 Å². The van der Waals surface area contributed by atoms with Crippen LogP contribution in [0.3, 0.4) is 0 Å². The third-order valence-corrected chi connectivity index (χ3v) is 5.54. The van der Waals surface area contributed by atoms with E-state index >= 15 is 0 Å². The Morgan fingerprint density at radius 3 is 2.37 bits per heavy atom. The van der Waals surface area contributed by atoms with Crippen LogP contribution >= 0.6 is 11.3 Å². The summed E-state index contributed by atoms with van der Waals surface area (Å²) in [5.74, 6) is 2.13. The van der Waals surface area contributed by atoms with Crippen molar-refractivity contribution in [2.24, 2.45) is 0 Å². The number of carbonyl (C=O) groups is 1. The molecule has 0 aliphatic rings. The van der Waals surface area contributed by atoms with Gasteiger partial charge in [-0.3, -0.25) is 4.79 Å². The van der Waals surface area contributed by atoms with Crippen molar-refractivity contribution in [3.05, 3.63) is 81.1 Å². The summed E-state index contributed by atoms with van der Waals surface area (Å²) in [4.78, 5) is 14.7. The van der Waals surface area contributed by atoms with Gasteiger partial charge in [0.25, 0.3) is 0 Å². The average Bonchev–Trinajstić information content (AvgIpc) is 3.09. The van der Waals surface area contributed by atoms with E-state index in [2.05, 4.69) is 0 Å². The van der Waals surface area contributed by atoms with Crippen LogP contribution in [0.1, 0.15) is 38.2 Å². The molecule has 1 heterocycles. The maximum Gasteiger partial charge on any atom is 0.186 e. The Bertz CT molecular complexity index is 1050. The second-order valence-electron chi connectivity index (χ2n) is 6.76. The zero-order valence-electron chi connectivity index (χ0n) is 17.7. The van der Waals surface area contributed by atoms with Gasteiger partial charge >= 0.3 is 0 Å². The number of ketones is 1. The summed E-state index contributed by atoms with van der Waals surface area (Å²) in [5, 5.41) is 0. The summed E-state index contributed by atoms with van der Waals surface area (Å²) in [5.41, 5.74) is 2.56. The molecule has 0 spiro atoms. The first-order chi connectivity index (χ1) is 14.5. The van der Waals surface area contributed by atoms with Gasteiger partial charge in [-0.25, -0.2) is 0 Å². The summed E-state index contributed by atoms with van der Waals surface area (Å²) in [7, 11) is 1.63. The Morgan fingerprint density at radius 1 is 1.00 bits per heavy atom. The fraction of sp³-hybridized carbons (Fsp3) is 0.240. The predicted molar refractivity (Wildman–Crippen MR) is 122 cm³/mol. The fourth-order valence-electron chi connectivity index (χ4n) is 3.15. The molecular weight excluding hydrogens is 396 g/mol. The first-order valence-electron chi connectivity index (χ1n) is 9.82. The lowest BCUT2D eigenvalue weighted by molar-refractivity contribution is 0.104. The molecule has 5 heteroatoms. The minimum atomic E-state index is 0.0103. The second kappa shape index (κ2) is 10.1. The van der Waals surface area contributed by atoms with E-state index in [0.29, 0.717) is 24.7 Å². The molecule has 30 heavy (non-hydrogen) atoms. The van der Waals surface area contributed by atoms with E-state index in [-0.39, 0.29) is 5.78 Å². The van der Waals surface area contributed by atoms with Crippen molar-refractivity contribution in [3.63, 3.8) is 0 Å². The van der Waals surface area contributed by atoms with Gasteiger partial charge in [0.15, 0.2) is 17.3 Å². The number of aryl methyl sites for hydroxylation is 2. The maximum atomic E-state index is 12.5. The van der Waals surface area contributed by atoms with Crippen molar-refractivity contribution >= 4 is 23.2 Å². The van der Waals surface area contributed by atoms with Crippen LogP contribution < -0.4 is 14.2 Å². The van der Waals surface area contributed by atoms with Gasteiger partial charge in [-0.2, -0.15) is 0 Å². The zero-order valence-corrected chi connectivity index (χ0v) is 18.5. The number of allylic oxidation sites excluding steroid dienone is 1. The lowest BCUT2D eigenvalue weighted by atomic mass is 10.1. The van der Waals surface area contributed by atoms with Gasteiger partial charge < -0.3 is 14.2 Å². The molecule has 3 aromatic rings. The number of thiophene rings is 1. The summed E-state index contributed by atoms with van der Waals surface area (Å²) < 4.78 is 17.1. The maximum absolute atomic E-state index is 12.5. The summed E-state index contributed by atoms with van der Waals surface area (Å²) in [6.45, 7) is 6.82. The van der Waals surface area contributed by atoms with Crippen molar-refractivity contribution in [1.82, 2.24) is 0 Å². The zero-order chi connectivity index (χ0) is 21.5. The number of ether oxygens (including phenoxy) is 3. The number of methoxy groups -OCH3 is 1. The lowest BCUT2D eigenvalue weighted by Gasteiger charge is -2.14. The highest BCUT2D eigenvalue weighted by atomic mass is 32.1. The standard InChI is InChI=1S/C25H26O4S/c1-5-28-24-8-6-7-9-25(24)29-16-20-15-19(11-13-23(20)27-4)10-12-22(26)21-14-17(2)30-18(21)3/h6-15H,5,16H2,1-4H3/b12-10+. The molecule has 156 valence electrons. The van der Waals surface area contributed by atoms with Crippen molar-refractivity contribution < 1.29 is 19.0 Å². The van der Waals surface area contributed by atoms with Crippen LogP contribution in [0.15, 0.2) is 54.6 Å². The smallest absolute Gasteiger partial charge is 0.186 e. The number of benzene rings is 2. The van der Waals surface area contributed by atoms with E-state index in [1.165, 1.54) is 0 Å². The molecule has 0 radical (unpaired) electrons.